The van der Waals surface area contributed by atoms with Crippen LogP contribution in [0.2, 0.25) is 0 Å². The predicted molar refractivity (Wildman–Crippen MR) is 53.0 cm³/mol. The Morgan fingerprint density at radius 1 is 1.57 bits per heavy atom. The van der Waals surface area contributed by atoms with Gasteiger partial charge in [-0.2, -0.15) is 0 Å². The fourth-order valence-electron chi connectivity index (χ4n) is 1.76. The van der Waals surface area contributed by atoms with Gasteiger partial charge in [0.2, 0.25) is 0 Å². The third-order valence-corrected chi connectivity index (χ3v) is 2.56. The summed E-state index contributed by atoms with van der Waals surface area (Å²) in [4.78, 5) is 11.2. The molecule has 1 rings (SSSR count). The van der Waals surface area contributed by atoms with Crippen LogP contribution < -0.4 is 5.32 Å². The van der Waals surface area contributed by atoms with Gasteiger partial charge in [0.1, 0.15) is 6.61 Å². The van der Waals surface area contributed by atoms with Crippen molar-refractivity contribution >= 4 is 6.09 Å². The van der Waals surface area contributed by atoms with Gasteiger partial charge in [0.15, 0.2) is 0 Å². The highest BCUT2D eigenvalue weighted by atomic mass is 16.5. The Balaban J connectivity index is 2.39. The van der Waals surface area contributed by atoms with Crippen LogP contribution in [0.1, 0.15) is 25.7 Å². The van der Waals surface area contributed by atoms with Crippen LogP contribution in [0, 0.1) is 0 Å². The van der Waals surface area contributed by atoms with Gasteiger partial charge in [-0.3, -0.25) is 0 Å². The van der Waals surface area contributed by atoms with Gasteiger partial charge >= 0.3 is 6.09 Å². The molecule has 1 saturated carbocycles. The van der Waals surface area contributed by atoms with Gasteiger partial charge in [0.25, 0.3) is 0 Å². The summed E-state index contributed by atoms with van der Waals surface area (Å²) in [6.45, 7) is 3.63. The van der Waals surface area contributed by atoms with Crippen LogP contribution in [0.5, 0.6) is 0 Å². The van der Waals surface area contributed by atoms with E-state index in [9.17, 15) is 9.90 Å². The standard InChI is InChI=1S/C10H17NO3/c1-2-7-14-9(13)11-10(8-12)5-3-4-6-10/h2,12H,1,3-8H2,(H,11,13). The van der Waals surface area contributed by atoms with Gasteiger partial charge in [0, 0.05) is 0 Å². The molecule has 0 aromatic rings. The van der Waals surface area contributed by atoms with Crippen molar-refractivity contribution in [3.63, 3.8) is 0 Å². The van der Waals surface area contributed by atoms with Crippen molar-refractivity contribution in [1.82, 2.24) is 5.32 Å². The first-order valence-electron chi connectivity index (χ1n) is 4.89. The van der Waals surface area contributed by atoms with E-state index >= 15 is 0 Å². The Kier molecular flexibility index (Phi) is 3.95. The molecule has 0 aromatic carbocycles. The van der Waals surface area contributed by atoms with E-state index in [4.69, 9.17) is 4.74 Å². The smallest absolute Gasteiger partial charge is 0.407 e. The van der Waals surface area contributed by atoms with E-state index in [1.165, 1.54) is 6.08 Å². The first-order chi connectivity index (χ1) is 6.72. The topological polar surface area (TPSA) is 58.6 Å². The number of aliphatic hydroxyl groups excluding tert-OH is 1. The molecular weight excluding hydrogens is 182 g/mol. The number of hydrogen-bond donors (Lipinski definition) is 2. The molecule has 0 spiro atoms. The molecule has 1 aliphatic rings. The molecule has 0 aliphatic heterocycles. The van der Waals surface area contributed by atoms with Crippen LogP contribution in [0.15, 0.2) is 12.7 Å². The molecule has 2 N–H and O–H groups in total. The highest BCUT2D eigenvalue weighted by Crippen LogP contribution is 2.29. The normalized spacial score (nSPS) is 18.9. The average Bonchev–Trinajstić information content (AvgIpc) is 2.64. The van der Waals surface area contributed by atoms with E-state index in [0.29, 0.717) is 0 Å². The Hall–Kier alpha value is -1.03. The van der Waals surface area contributed by atoms with Crippen LogP contribution in [-0.4, -0.2) is 30.0 Å². The molecule has 4 nitrogen and oxygen atoms in total. The number of aliphatic hydroxyl groups is 1. The number of ether oxygens (including phenoxy) is 1. The lowest BCUT2D eigenvalue weighted by Crippen LogP contribution is -2.49. The van der Waals surface area contributed by atoms with Gasteiger partial charge < -0.3 is 15.2 Å². The van der Waals surface area contributed by atoms with Crippen LogP contribution in [-0.2, 0) is 4.74 Å². The van der Waals surface area contributed by atoms with E-state index in [1.54, 1.807) is 0 Å². The molecule has 80 valence electrons. The Morgan fingerprint density at radius 3 is 2.71 bits per heavy atom. The number of carbonyl (C=O) groups is 1. The summed E-state index contributed by atoms with van der Waals surface area (Å²) in [7, 11) is 0. The number of rotatable bonds is 4. The summed E-state index contributed by atoms with van der Waals surface area (Å²) in [6, 6.07) is 0. The molecule has 0 radical (unpaired) electrons. The monoisotopic (exact) mass is 199 g/mol. The molecule has 1 aliphatic carbocycles. The third kappa shape index (κ3) is 2.73. The maximum Gasteiger partial charge on any atom is 0.407 e. The molecule has 0 aromatic heterocycles. The van der Waals surface area contributed by atoms with Gasteiger partial charge in [-0.1, -0.05) is 25.5 Å². The first kappa shape index (κ1) is 11.0. The average molecular weight is 199 g/mol. The van der Waals surface area contributed by atoms with E-state index in [2.05, 4.69) is 11.9 Å². The molecule has 0 saturated heterocycles. The number of amides is 1. The summed E-state index contributed by atoms with van der Waals surface area (Å²) in [5.41, 5.74) is -0.446. The van der Waals surface area contributed by atoms with Crippen LogP contribution >= 0.6 is 0 Å². The zero-order valence-electron chi connectivity index (χ0n) is 8.29. The third-order valence-electron chi connectivity index (χ3n) is 2.56. The predicted octanol–water partition coefficient (Wildman–Crippen LogP) is 1.20. The quantitative estimate of drug-likeness (QED) is 0.669. The molecular formula is C10H17NO3. The molecule has 0 bridgehead atoms. The molecule has 4 heteroatoms. The molecule has 1 fully saturated rings. The molecule has 1 amide bonds. The Bertz CT molecular complexity index is 209. The Morgan fingerprint density at radius 2 is 2.21 bits per heavy atom. The van der Waals surface area contributed by atoms with Gasteiger partial charge in [-0.25, -0.2) is 4.79 Å². The highest BCUT2D eigenvalue weighted by molar-refractivity contribution is 5.68. The van der Waals surface area contributed by atoms with Crippen molar-refractivity contribution in [2.75, 3.05) is 13.2 Å². The van der Waals surface area contributed by atoms with Crippen molar-refractivity contribution in [1.29, 1.82) is 0 Å². The zero-order valence-corrected chi connectivity index (χ0v) is 8.29. The summed E-state index contributed by atoms with van der Waals surface area (Å²) in [6.07, 6.45) is 4.78. The van der Waals surface area contributed by atoms with Gasteiger partial charge in [0.05, 0.1) is 12.1 Å². The molecule has 0 unspecified atom stereocenters. The second-order valence-electron chi connectivity index (χ2n) is 3.66. The highest BCUT2D eigenvalue weighted by Gasteiger charge is 2.34. The number of nitrogens with one attached hydrogen (secondary N) is 1. The maximum absolute atomic E-state index is 11.2. The maximum atomic E-state index is 11.2. The molecule has 14 heavy (non-hydrogen) atoms. The number of alkyl carbamates (subject to hydrolysis) is 1. The van der Waals surface area contributed by atoms with Crippen LogP contribution in [0.4, 0.5) is 4.79 Å². The van der Waals surface area contributed by atoms with Crippen LogP contribution in [0.25, 0.3) is 0 Å². The first-order valence-corrected chi connectivity index (χ1v) is 4.89. The molecule has 0 atom stereocenters. The lowest BCUT2D eigenvalue weighted by molar-refractivity contribution is 0.120. The summed E-state index contributed by atoms with van der Waals surface area (Å²) >= 11 is 0. The second-order valence-corrected chi connectivity index (χ2v) is 3.66. The van der Waals surface area contributed by atoms with Crippen molar-refractivity contribution < 1.29 is 14.6 Å². The molecule has 0 heterocycles. The SMILES string of the molecule is C=CCOC(=O)NC1(CO)CCCC1. The zero-order chi connectivity index (χ0) is 10.4. The summed E-state index contributed by atoms with van der Waals surface area (Å²) in [5, 5.41) is 11.9. The van der Waals surface area contributed by atoms with Crippen molar-refractivity contribution in [3.05, 3.63) is 12.7 Å². The van der Waals surface area contributed by atoms with E-state index in [0.717, 1.165) is 25.7 Å². The van der Waals surface area contributed by atoms with Crippen molar-refractivity contribution in [2.24, 2.45) is 0 Å². The number of carbonyl (C=O) groups excluding carboxylic acids is 1. The van der Waals surface area contributed by atoms with Gasteiger partial charge in [-0.15, -0.1) is 0 Å². The number of hydrogen-bond acceptors (Lipinski definition) is 3. The van der Waals surface area contributed by atoms with Gasteiger partial charge in [-0.05, 0) is 12.8 Å². The fraction of sp³-hybridized carbons (Fsp3) is 0.700. The lowest BCUT2D eigenvalue weighted by atomic mass is 9.99. The van der Waals surface area contributed by atoms with Crippen molar-refractivity contribution in [3.8, 4) is 0 Å². The van der Waals surface area contributed by atoms with E-state index in [1.807, 2.05) is 0 Å². The minimum absolute atomic E-state index is 0.0177. The van der Waals surface area contributed by atoms with Crippen LogP contribution in [0.3, 0.4) is 0 Å². The fourth-order valence-corrected chi connectivity index (χ4v) is 1.76. The largest absolute Gasteiger partial charge is 0.445 e. The summed E-state index contributed by atoms with van der Waals surface area (Å²) in [5.74, 6) is 0. The van der Waals surface area contributed by atoms with Crippen molar-refractivity contribution in [2.45, 2.75) is 31.2 Å². The summed E-state index contributed by atoms with van der Waals surface area (Å²) < 4.78 is 4.80. The Labute approximate surface area is 83.9 Å². The second kappa shape index (κ2) is 5.00. The lowest BCUT2D eigenvalue weighted by Gasteiger charge is -2.27. The minimum atomic E-state index is -0.471. The minimum Gasteiger partial charge on any atom is -0.445 e. The van der Waals surface area contributed by atoms with E-state index in [-0.39, 0.29) is 13.2 Å². The van der Waals surface area contributed by atoms with E-state index < -0.39 is 11.6 Å².